The number of sulfone groups is 1. The Hall–Kier alpha value is -2.99. The number of pyridine rings is 1. The summed E-state index contributed by atoms with van der Waals surface area (Å²) in [5, 5.41) is 5.34. The summed E-state index contributed by atoms with van der Waals surface area (Å²) in [6.45, 7) is 12.7. The minimum absolute atomic E-state index is 0.101. The Bertz CT molecular complexity index is 1670. The number of nitrogens with zero attached hydrogens (tertiary/aromatic N) is 6. The van der Waals surface area contributed by atoms with Gasteiger partial charge in [0.2, 0.25) is 5.91 Å². The molecule has 2 aliphatic rings. The van der Waals surface area contributed by atoms with Gasteiger partial charge in [-0.1, -0.05) is 25.2 Å². The second-order valence-corrected chi connectivity index (χ2v) is 14.6. The van der Waals surface area contributed by atoms with Gasteiger partial charge in [0.25, 0.3) is 0 Å². The SMILES string of the molecule is Cc1c(-c2[nH]c3sc(N4CCN(C(=O)C5CCS(=O)(=O)CC5)C[C@@H]4C)nc3c2C(C)C)cn2ncnc2c1C. The summed E-state index contributed by atoms with van der Waals surface area (Å²) in [4.78, 5) is 31.7. The van der Waals surface area contributed by atoms with Gasteiger partial charge in [-0.3, -0.25) is 4.79 Å². The molecule has 4 aromatic rings. The van der Waals surface area contributed by atoms with E-state index in [4.69, 9.17) is 4.98 Å². The molecule has 0 aliphatic carbocycles. The van der Waals surface area contributed by atoms with E-state index in [9.17, 15) is 13.2 Å². The quantitative estimate of drug-likeness (QED) is 0.396. The number of aryl methyl sites for hydroxylation is 1. The Balaban J connectivity index is 1.26. The Morgan fingerprint density at radius 1 is 1.15 bits per heavy atom. The van der Waals surface area contributed by atoms with Gasteiger partial charge in [-0.05, 0) is 50.7 Å². The van der Waals surface area contributed by atoms with E-state index >= 15 is 0 Å². The predicted molar refractivity (Wildman–Crippen MR) is 154 cm³/mol. The van der Waals surface area contributed by atoms with E-state index in [-0.39, 0.29) is 35.3 Å². The van der Waals surface area contributed by atoms with Crippen molar-refractivity contribution in [2.45, 2.75) is 59.4 Å². The standard InChI is InChI=1S/C27H35N7O3S2/c1-15(2)21-22(20-13-34-24(28-14-29-34)18(5)17(20)4)30-25-23(21)31-27(38-25)33-9-8-32(12-16(33)3)26(35)19-6-10-39(36,37)11-7-19/h13-16,19,30H,6-12H2,1-5H3/t16-/m0/s1. The van der Waals surface area contributed by atoms with Crippen LogP contribution in [-0.2, 0) is 14.6 Å². The monoisotopic (exact) mass is 569 g/mol. The number of carbonyl (C=O) groups is 1. The number of rotatable bonds is 4. The van der Waals surface area contributed by atoms with Crippen LogP contribution in [0.4, 0.5) is 5.13 Å². The van der Waals surface area contributed by atoms with Crippen LogP contribution in [0.5, 0.6) is 0 Å². The van der Waals surface area contributed by atoms with Crippen molar-refractivity contribution >= 4 is 48.2 Å². The van der Waals surface area contributed by atoms with Gasteiger partial charge < -0.3 is 14.8 Å². The molecular weight excluding hydrogens is 534 g/mol. The van der Waals surface area contributed by atoms with Crippen LogP contribution >= 0.6 is 11.3 Å². The third-order valence-corrected chi connectivity index (χ3v) is 11.2. The second kappa shape index (κ2) is 9.58. The van der Waals surface area contributed by atoms with Crippen LogP contribution in [-0.4, -0.2) is 81.0 Å². The van der Waals surface area contributed by atoms with Crippen molar-refractivity contribution in [3.05, 3.63) is 29.2 Å². The number of aromatic amines is 1. The van der Waals surface area contributed by atoms with Crippen LogP contribution in [0, 0.1) is 19.8 Å². The number of amides is 1. The van der Waals surface area contributed by atoms with Crippen molar-refractivity contribution in [1.82, 2.24) is 29.5 Å². The van der Waals surface area contributed by atoms with E-state index in [1.165, 1.54) is 11.1 Å². The van der Waals surface area contributed by atoms with Gasteiger partial charge in [-0.15, -0.1) is 0 Å². The fourth-order valence-electron chi connectivity index (χ4n) is 6.06. The van der Waals surface area contributed by atoms with Gasteiger partial charge >= 0.3 is 0 Å². The third kappa shape index (κ3) is 4.51. The fourth-order valence-corrected chi connectivity index (χ4v) is 8.67. The van der Waals surface area contributed by atoms with E-state index in [1.807, 2.05) is 15.6 Å². The highest BCUT2D eigenvalue weighted by Gasteiger charge is 2.35. The average molecular weight is 570 g/mol. The topological polar surface area (TPSA) is 117 Å². The summed E-state index contributed by atoms with van der Waals surface area (Å²) < 4.78 is 25.4. The molecule has 1 atom stereocenters. The van der Waals surface area contributed by atoms with Crippen LogP contribution in [0.25, 0.3) is 27.3 Å². The molecule has 4 aromatic heterocycles. The first-order chi connectivity index (χ1) is 18.5. The minimum Gasteiger partial charge on any atom is -0.344 e. The van der Waals surface area contributed by atoms with Crippen molar-refractivity contribution < 1.29 is 13.2 Å². The Morgan fingerprint density at radius 2 is 1.90 bits per heavy atom. The molecule has 0 bridgehead atoms. The van der Waals surface area contributed by atoms with E-state index in [0.717, 1.165) is 37.9 Å². The molecular formula is C27H35N7O3S2. The number of nitrogens with one attached hydrogen (secondary N) is 1. The number of aromatic nitrogens is 5. The molecule has 208 valence electrons. The number of hydrogen-bond donors (Lipinski definition) is 1. The van der Waals surface area contributed by atoms with Gasteiger partial charge in [0, 0.05) is 48.9 Å². The summed E-state index contributed by atoms with van der Waals surface area (Å²) >= 11 is 1.66. The molecule has 0 unspecified atom stereocenters. The summed E-state index contributed by atoms with van der Waals surface area (Å²) in [7, 11) is -2.98. The first-order valence-corrected chi connectivity index (χ1v) is 16.3. The minimum atomic E-state index is -2.98. The number of piperazine rings is 1. The number of H-pyrrole nitrogens is 1. The lowest BCUT2D eigenvalue weighted by molar-refractivity contribution is -0.136. The normalized spacial score (nSPS) is 20.5. The molecule has 1 N–H and O–H groups in total. The Kier molecular flexibility index (Phi) is 6.45. The lowest BCUT2D eigenvalue weighted by Gasteiger charge is -2.41. The highest BCUT2D eigenvalue weighted by atomic mass is 32.2. The van der Waals surface area contributed by atoms with Crippen molar-refractivity contribution in [2.24, 2.45) is 5.92 Å². The molecule has 12 heteroatoms. The average Bonchev–Trinajstić information content (AvgIpc) is 3.60. The molecule has 2 fully saturated rings. The first-order valence-electron chi connectivity index (χ1n) is 13.6. The Morgan fingerprint density at radius 3 is 2.59 bits per heavy atom. The molecule has 2 saturated heterocycles. The molecule has 2 aliphatic heterocycles. The summed E-state index contributed by atoms with van der Waals surface area (Å²) in [6, 6.07) is 0.117. The van der Waals surface area contributed by atoms with Crippen molar-refractivity contribution in [1.29, 1.82) is 0 Å². The summed E-state index contributed by atoms with van der Waals surface area (Å²) in [5.41, 5.74) is 7.56. The van der Waals surface area contributed by atoms with Gasteiger partial charge in [0.15, 0.2) is 10.8 Å². The zero-order valence-corrected chi connectivity index (χ0v) is 24.7. The van der Waals surface area contributed by atoms with Crippen LogP contribution in [0.1, 0.15) is 56.2 Å². The van der Waals surface area contributed by atoms with Crippen molar-refractivity contribution in [2.75, 3.05) is 36.0 Å². The number of fused-ring (bicyclic) bond motifs is 2. The van der Waals surface area contributed by atoms with Gasteiger partial charge in [-0.25, -0.2) is 22.9 Å². The molecule has 0 aromatic carbocycles. The molecule has 10 nitrogen and oxygen atoms in total. The number of thiazole rings is 1. The zero-order valence-electron chi connectivity index (χ0n) is 23.1. The predicted octanol–water partition coefficient (Wildman–Crippen LogP) is 3.94. The van der Waals surface area contributed by atoms with Crippen LogP contribution in [0.2, 0.25) is 0 Å². The smallest absolute Gasteiger partial charge is 0.225 e. The van der Waals surface area contributed by atoms with Crippen LogP contribution in [0.15, 0.2) is 12.5 Å². The van der Waals surface area contributed by atoms with Crippen LogP contribution in [0.3, 0.4) is 0 Å². The Labute approximate surface area is 232 Å². The van der Waals surface area contributed by atoms with E-state index < -0.39 is 9.84 Å². The summed E-state index contributed by atoms with van der Waals surface area (Å²) in [5.74, 6) is 0.429. The number of anilines is 1. The number of hydrogen-bond acceptors (Lipinski definition) is 8. The maximum absolute atomic E-state index is 13.1. The molecule has 39 heavy (non-hydrogen) atoms. The lowest BCUT2D eigenvalue weighted by atomic mass is 9.96. The lowest BCUT2D eigenvalue weighted by Crippen LogP contribution is -2.55. The van der Waals surface area contributed by atoms with Gasteiger partial charge in [0.05, 0.1) is 17.2 Å². The highest BCUT2D eigenvalue weighted by Crippen LogP contribution is 2.41. The summed E-state index contributed by atoms with van der Waals surface area (Å²) in [6.07, 6.45) is 4.52. The molecule has 0 spiro atoms. The fraction of sp³-hybridized carbons (Fsp3) is 0.556. The maximum atomic E-state index is 13.1. The molecule has 6 rings (SSSR count). The molecule has 0 radical (unpaired) electrons. The second-order valence-electron chi connectivity index (χ2n) is 11.3. The van der Waals surface area contributed by atoms with E-state index in [0.29, 0.717) is 32.5 Å². The number of carbonyl (C=O) groups excluding carboxylic acids is 1. The van der Waals surface area contributed by atoms with E-state index in [2.05, 4.69) is 54.6 Å². The largest absolute Gasteiger partial charge is 0.344 e. The van der Waals surface area contributed by atoms with Crippen molar-refractivity contribution in [3.63, 3.8) is 0 Å². The van der Waals surface area contributed by atoms with Gasteiger partial charge in [-0.2, -0.15) is 5.10 Å². The van der Waals surface area contributed by atoms with Crippen molar-refractivity contribution in [3.8, 4) is 11.3 Å². The highest BCUT2D eigenvalue weighted by molar-refractivity contribution is 7.91. The van der Waals surface area contributed by atoms with E-state index in [1.54, 1.807) is 17.7 Å². The zero-order chi connectivity index (χ0) is 27.6. The molecule has 1 amide bonds. The maximum Gasteiger partial charge on any atom is 0.225 e. The molecule has 0 saturated carbocycles. The van der Waals surface area contributed by atoms with Gasteiger partial charge in [0.1, 0.15) is 26.5 Å². The third-order valence-electron chi connectivity index (χ3n) is 8.44. The molecule has 6 heterocycles. The first kappa shape index (κ1) is 26.2. The van der Waals surface area contributed by atoms with Crippen LogP contribution < -0.4 is 4.90 Å².